The number of hydrogen-bond acceptors (Lipinski definition) is 2. The molecule has 2 fully saturated rings. The van der Waals surface area contributed by atoms with Gasteiger partial charge in [-0.05, 0) is 44.4 Å². The average Bonchev–Trinajstić information content (AvgIpc) is 2.93. The summed E-state index contributed by atoms with van der Waals surface area (Å²) in [6.45, 7) is 5.33. The zero-order valence-electron chi connectivity index (χ0n) is 13.3. The van der Waals surface area contributed by atoms with E-state index in [0.717, 1.165) is 25.9 Å². The molecular weight excluding hydrogens is 268 g/mol. The third-order valence-corrected chi connectivity index (χ3v) is 5.70. The molecule has 120 valence electrons. The normalized spacial score (nSPS) is 23.8. The van der Waals surface area contributed by atoms with Crippen LogP contribution in [0.2, 0.25) is 0 Å². The molecule has 1 heterocycles. The van der Waals surface area contributed by atoms with Crippen molar-refractivity contribution in [3.05, 3.63) is 0 Å². The van der Waals surface area contributed by atoms with Crippen LogP contribution in [0.25, 0.3) is 0 Å². The van der Waals surface area contributed by atoms with Gasteiger partial charge in [-0.15, -0.1) is 0 Å². The highest BCUT2D eigenvalue weighted by Crippen LogP contribution is 2.46. The number of carboxylic acid groups (broad SMARTS) is 1. The minimum absolute atomic E-state index is 0.108. The largest absolute Gasteiger partial charge is 0.481 e. The molecule has 0 bridgehead atoms. The zero-order chi connectivity index (χ0) is 15.5. The van der Waals surface area contributed by atoms with Gasteiger partial charge in [0.15, 0.2) is 0 Å². The van der Waals surface area contributed by atoms with Gasteiger partial charge in [-0.3, -0.25) is 4.79 Å². The SMILES string of the molecule is CCC(C)(CNC(=O)N1CCC2(CCCC2)CC1)C(=O)O. The van der Waals surface area contributed by atoms with Gasteiger partial charge in [0.25, 0.3) is 0 Å². The molecule has 2 amide bonds. The van der Waals surface area contributed by atoms with E-state index in [1.54, 1.807) is 6.92 Å². The number of nitrogens with one attached hydrogen (secondary N) is 1. The van der Waals surface area contributed by atoms with Crippen LogP contribution in [-0.2, 0) is 4.79 Å². The zero-order valence-corrected chi connectivity index (χ0v) is 13.3. The number of urea groups is 1. The van der Waals surface area contributed by atoms with E-state index in [9.17, 15) is 14.7 Å². The predicted molar refractivity (Wildman–Crippen MR) is 81.1 cm³/mol. The van der Waals surface area contributed by atoms with Crippen molar-refractivity contribution in [3.63, 3.8) is 0 Å². The second-order valence-corrected chi connectivity index (χ2v) is 7.07. The highest BCUT2D eigenvalue weighted by molar-refractivity contribution is 5.78. The van der Waals surface area contributed by atoms with Gasteiger partial charge >= 0.3 is 12.0 Å². The van der Waals surface area contributed by atoms with E-state index < -0.39 is 11.4 Å². The molecule has 0 aromatic rings. The molecule has 1 aliphatic carbocycles. The van der Waals surface area contributed by atoms with E-state index in [-0.39, 0.29) is 12.6 Å². The molecule has 1 unspecified atom stereocenters. The first-order valence-corrected chi connectivity index (χ1v) is 8.17. The smallest absolute Gasteiger partial charge is 0.317 e. The minimum Gasteiger partial charge on any atom is -0.481 e. The number of carbonyl (C=O) groups is 2. The van der Waals surface area contributed by atoms with Crippen molar-refractivity contribution in [1.82, 2.24) is 10.2 Å². The Morgan fingerprint density at radius 1 is 1.19 bits per heavy atom. The van der Waals surface area contributed by atoms with Gasteiger partial charge < -0.3 is 15.3 Å². The average molecular weight is 296 g/mol. The fraction of sp³-hybridized carbons (Fsp3) is 0.875. The van der Waals surface area contributed by atoms with Crippen molar-refractivity contribution in [2.75, 3.05) is 19.6 Å². The fourth-order valence-electron chi connectivity index (χ4n) is 3.54. The highest BCUT2D eigenvalue weighted by Gasteiger charge is 2.38. The van der Waals surface area contributed by atoms with Crippen LogP contribution in [0.5, 0.6) is 0 Å². The third kappa shape index (κ3) is 3.50. The van der Waals surface area contributed by atoms with Gasteiger partial charge in [0, 0.05) is 19.6 Å². The molecule has 5 nitrogen and oxygen atoms in total. The molecule has 0 aromatic carbocycles. The van der Waals surface area contributed by atoms with Crippen molar-refractivity contribution < 1.29 is 14.7 Å². The monoisotopic (exact) mass is 296 g/mol. The van der Waals surface area contributed by atoms with Crippen LogP contribution in [0.15, 0.2) is 0 Å². The number of rotatable bonds is 4. The first-order valence-electron chi connectivity index (χ1n) is 8.17. The topological polar surface area (TPSA) is 69.6 Å². The molecule has 1 saturated carbocycles. The lowest BCUT2D eigenvalue weighted by molar-refractivity contribution is -0.147. The molecule has 1 aliphatic heterocycles. The second kappa shape index (κ2) is 6.24. The Bertz CT molecular complexity index is 394. The lowest BCUT2D eigenvalue weighted by atomic mass is 9.77. The number of carboxylic acids is 1. The molecule has 0 radical (unpaired) electrons. The summed E-state index contributed by atoms with van der Waals surface area (Å²) in [6.07, 6.45) is 8.00. The van der Waals surface area contributed by atoms with Crippen LogP contribution in [0, 0.1) is 10.8 Å². The Kier molecular flexibility index (Phi) is 4.79. The van der Waals surface area contributed by atoms with Gasteiger partial charge in [-0.1, -0.05) is 19.8 Å². The summed E-state index contributed by atoms with van der Waals surface area (Å²) in [5.41, 5.74) is -0.381. The molecule has 2 N–H and O–H groups in total. The number of hydrogen-bond donors (Lipinski definition) is 2. The van der Waals surface area contributed by atoms with E-state index in [1.807, 2.05) is 11.8 Å². The van der Waals surface area contributed by atoms with Crippen molar-refractivity contribution in [2.45, 2.75) is 58.8 Å². The van der Waals surface area contributed by atoms with Crippen molar-refractivity contribution in [1.29, 1.82) is 0 Å². The van der Waals surface area contributed by atoms with Crippen LogP contribution in [0.3, 0.4) is 0 Å². The molecule has 2 aliphatic rings. The van der Waals surface area contributed by atoms with E-state index in [4.69, 9.17) is 0 Å². The summed E-state index contributed by atoms with van der Waals surface area (Å²) in [7, 11) is 0. The van der Waals surface area contributed by atoms with Crippen LogP contribution < -0.4 is 5.32 Å². The van der Waals surface area contributed by atoms with E-state index in [1.165, 1.54) is 25.7 Å². The maximum Gasteiger partial charge on any atom is 0.317 e. The summed E-state index contributed by atoms with van der Waals surface area (Å²) in [5, 5.41) is 12.0. The molecule has 5 heteroatoms. The lowest BCUT2D eigenvalue weighted by Crippen LogP contribution is -2.50. The molecule has 2 rings (SSSR count). The van der Waals surface area contributed by atoms with Gasteiger partial charge in [0.2, 0.25) is 0 Å². The third-order valence-electron chi connectivity index (χ3n) is 5.70. The summed E-state index contributed by atoms with van der Waals surface area (Å²) in [6, 6.07) is -0.108. The van der Waals surface area contributed by atoms with Crippen LogP contribution in [0.1, 0.15) is 58.8 Å². The Morgan fingerprint density at radius 3 is 2.24 bits per heavy atom. The maximum absolute atomic E-state index is 12.2. The molecule has 0 aromatic heterocycles. The van der Waals surface area contributed by atoms with Crippen molar-refractivity contribution >= 4 is 12.0 Å². The number of carbonyl (C=O) groups excluding carboxylic acids is 1. The Morgan fingerprint density at radius 2 is 1.76 bits per heavy atom. The van der Waals surface area contributed by atoms with Gasteiger partial charge in [-0.2, -0.15) is 0 Å². The Balaban J connectivity index is 1.81. The fourth-order valence-corrected chi connectivity index (χ4v) is 3.54. The van der Waals surface area contributed by atoms with Crippen LogP contribution in [0.4, 0.5) is 4.79 Å². The molecular formula is C16H28N2O3. The predicted octanol–water partition coefficient (Wildman–Crippen LogP) is 2.85. The van der Waals surface area contributed by atoms with Crippen LogP contribution >= 0.6 is 0 Å². The number of amides is 2. The Labute approximate surface area is 127 Å². The Hall–Kier alpha value is -1.26. The van der Waals surface area contributed by atoms with Crippen LogP contribution in [-0.4, -0.2) is 41.6 Å². The van der Waals surface area contributed by atoms with Crippen molar-refractivity contribution in [2.24, 2.45) is 10.8 Å². The number of likely N-dealkylation sites (tertiary alicyclic amines) is 1. The first kappa shape index (κ1) is 16.1. The molecule has 1 atom stereocenters. The quantitative estimate of drug-likeness (QED) is 0.838. The molecule has 1 saturated heterocycles. The highest BCUT2D eigenvalue weighted by atomic mass is 16.4. The summed E-state index contributed by atoms with van der Waals surface area (Å²) in [4.78, 5) is 25.3. The molecule has 21 heavy (non-hydrogen) atoms. The lowest BCUT2D eigenvalue weighted by Gasteiger charge is -2.39. The van der Waals surface area contributed by atoms with E-state index in [2.05, 4.69) is 5.32 Å². The second-order valence-electron chi connectivity index (χ2n) is 7.07. The van der Waals surface area contributed by atoms with Gasteiger partial charge in [0.05, 0.1) is 5.41 Å². The number of nitrogens with zero attached hydrogens (tertiary/aromatic N) is 1. The van der Waals surface area contributed by atoms with E-state index in [0.29, 0.717) is 11.8 Å². The van der Waals surface area contributed by atoms with Gasteiger partial charge in [-0.25, -0.2) is 4.79 Å². The maximum atomic E-state index is 12.2. The number of aliphatic carboxylic acids is 1. The minimum atomic E-state index is -0.877. The van der Waals surface area contributed by atoms with Crippen molar-refractivity contribution in [3.8, 4) is 0 Å². The molecule has 1 spiro atoms. The standard InChI is InChI=1S/C16H28N2O3/c1-3-15(2,13(19)20)12-17-14(21)18-10-8-16(9-11-18)6-4-5-7-16/h3-12H2,1-2H3,(H,17,21)(H,19,20). The number of piperidine rings is 1. The summed E-state index contributed by atoms with van der Waals surface area (Å²) in [5.74, 6) is -0.853. The van der Waals surface area contributed by atoms with Gasteiger partial charge in [0.1, 0.15) is 0 Å². The van der Waals surface area contributed by atoms with E-state index >= 15 is 0 Å². The summed E-state index contributed by atoms with van der Waals surface area (Å²) < 4.78 is 0. The summed E-state index contributed by atoms with van der Waals surface area (Å²) >= 11 is 0. The first-order chi connectivity index (χ1) is 9.91.